The van der Waals surface area contributed by atoms with Gasteiger partial charge in [0.15, 0.2) is 0 Å². The average molecular weight is 211 g/mol. The number of hydrogen-bond donors (Lipinski definition) is 1. The molecule has 0 bridgehead atoms. The van der Waals surface area contributed by atoms with E-state index < -0.39 is 0 Å². The molecule has 3 unspecified atom stereocenters. The Morgan fingerprint density at radius 1 is 1.20 bits per heavy atom. The van der Waals surface area contributed by atoms with Crippen molar-refractivity contribution in [2.24, 2.45) is 11.8 Å². The standard InChI is InChI=1S/C14H29N/c1-4-8-12(2)11-13-9-6-5-7-10-14(13)15-3/h12-15H,4-11H2,1-3H3. The van der Waals surface area contributed by atoms with Crippen molar-refractivity contribution < 1.29 is 0 Å². The smallest absolute Gasteiger partial charge is 0.00924 e. The van der Waals surface area contributed by atoms with Crippen molar-refractivity contribution in [3.8, 4) is 0 Å². The zero-order valence-corrected chi connectivity index (χ0v) is 10.9. The van der Waals surface area contributed by atoms with Crippen LogP contribution in [0.2, 0.25) is 0 Å². The summed E-state index contributed by atoms with van der Waals surface area (Å²) in [5.74, 6) is 1.87. The largest absolute Gasteiger partial charge is 0.317 e. The highest BCUT2D eigenvalue weighted by atomic mass is 14.9. The number of rotatable bonds is 5. The average Bonchev–Trinajstić information content (AvgIpc) is 2.43. The van der Waals surface area contributed by atoms with Crippen LogP contribution in [0.1, 0.15) is 65.2 Å². The summed E-state index contributed by atoms with van der Waals surface area (Å²) < 4.78 is 0. The Kier molecular flexibility index (Phi) is 6.31. The van der Waals surface area contributed by atoms with E-state index in [1.807, 2.05) is 0 Å². The lowest BCUT2D eigenvalue weighted by atomic mass is 9.85. The third-order valence-electron chi connectivity index (χ3n) is 4.02. The van der Waals surface area contributed by atoms with Crippen LogP contribution >= 0.6 is 0 Å². The Morgan fingerprint density at radius 2 is 1.93 bits per heavy atom. The molecule has 1 heteroatoms. The summed E-state index contributed by atoms with van der Waals surface area (Å²) in [5.41, 5.74) is 0. The van der Waals surface area contributed by atoms with Crippen molar-refractivity contribution in [1.29, 1.82) is 0 Å². The molecule has 0 radical (unpaired) electrons. The van der Waals surface area contributed by atoms with Gasteiger partial charge in [-0.05, 0) is 38.1 Å². The first-order valence-corrected chi connectivity index (χ1v) is 6.95. The zero-order valence-electron chi connectivity index (χ0n) is 10.9. The van der Waals surface area contributed by atoms with Crippen molar-refractivity contribution in [3.63, 3.8) is 0 Å². The first kappa shape index (κ1) is 13.0. The zero-order chi connectivity index (χ0) is 11.1. The summed E-state index contributed by atoms with van der Waals surface area (Å²) in [5, 5.41) is 3.54. The monoisotopic (exact) mass is 211 g/mol. The Morgan fingerprint density at radius 3 is 2.60 bits per heavy atom. The van der Waals surface area contributed by atoms with E-state index in [0.717, 1.165) is 17.9 Å². The van der Waals surface area contributed by atoms with E-state index in [1.165, 1.54) is 51.4 Å². The van der Waals surface area contributed by atoms with E-state index in [2.05, 4.69) is 26.2 Å². The van der Waals surface area contributed by atoms with Crippen LogP contribution in [-0.4, -0.2) is 13.1 Å². The predicted octanol–water partition coefficient (Wildman–Crippen LogP) is 3.98. The van der Waals surface area contributed by atoms with Crippen molar-refractivity contribution in [3.05, 3.63) is 0 Å². The normalized spacial score (nSPS) is 29.8. The summed E-state index contributed by atoms with van der Waals surface area (Å²) in [6.45, 7) is 4.74. The molecule has 0 spiro atoms. The number of hydrogen-bond acceptors (Lipinski definition) is 1. The fraction of sp³-hybridized carbons (Fsp3) is 1.00. The minimum Gasteiger partial charge on any atom is -0.317 e. The van der Waals surface area contributed by atoms with Crippen LogP contribution in [0, 0.1) is 11.8 Å². The van der Waals surface area contributed by atoms with Crippen LogP contribution in [-0.2, 0) is 0 Å². The van der Waals surface area contributed by atoms with Crippen LogP contribution in [0.25, 0.3) is 0 Å². The minimum atomic E-state index is 0.798. The third-order valence-corrected chi connectivity index (χ3v) is 4.02. The lowest BCUT2D eigenvalue weighted by molar-refractivity contribution is 0.282. The second kappa shape index (κ2) is 7.27. The number of nitrogens with one attached hydrogen (secondary N) is 1. The molecule has 0 amide bonds. The van der Waals surface area contributed by atoms with Crippen LogP contribution < -0.4 is 5.32 Å². The molecule has 1 aliphatic rings. The van der Waals surface area contributed by atoms with Gasteiger partial charge in [-0.1, -0.05) is 46.0 Å². The Bertz CT molecular complexity index is 155. The molecule has 0 aromatic heterocycles. The molecular weight excluding hydrogens is 182 g/mol. The molecule has 1 nitrogen and oxygen atoms in total. The summed E-state index contributed by atoms with van der Waals surface area (Å²) >= 11 is 0. The quantitative estimate of drug-likeness (QED) is 0.678. The third kappa shape index (κ3) is 4.55. The first-order valence-electron chi connectivity index (χ1n) is 6.95. The Balaban J connectivity index is 2.40. The second-order valence-electron chi connectivity index (χ2n) is 5.42. The van der Waals surface area contributed by atoms with Gasteiger partial charge in [-0.2, -0.15) is 0 Å². The molecule has 1 rings (SSSR count). The molecule has 0 aliphatic heterocycles. The SMILES string of the molecule is CCCC(C)CC1CCCCCC1NC. The summed E-state index contributed by atoms with van der Waals surface area (Å²) in [6.07, 6.45) is 11.4. The van der Waals surface area contributed by atoms with Crippen LogP contribution in [0.3, 0.4) is 0 Å². The van der Waals surface area contributed by atoms with Crippen molar-refractivity contribution >= 4 is 0 Å². The molecule has 15 heavy (non-hydrogen) atoms. The summed E-state index contributed by atoms with van der Waals surface area (Å²) in [7, 11) is 2.15. The van der Waals surface area contributed by atoms with Crippen molar-refractivity contribution in [2.75, 3.05) is 7.05 Å². The fourth-order valence-electron chi connectivity index (χ4n) is 3.17. The minimum absolute atomic E-state index is 0.798. The van der Waals surface area contributed by atoms with Gasteiger partial charge >= 0.3 is 0 Å². The van der Waals surface area contributed by atoms with Gasteiger partial charge in [0.25, 0.3) is 0 Å². The van der Waals surface area contributed by atoms with E-state index in [1.54, 1.807) is 0 Å². The van der Waals surface area contributed by atoms with Gasteiger partial charge in [0.05, 0.1) is 0 Å². The maximum Gasteiger partial charge on any atom is 0.00924 e. The topological polar surface area (TPSA) is 12.0 Å². The van der Waals surface area contributed by atoms with Gasteiger partial charge in [-0.3, -0.25) is 0 Å². The lowest BCUT2D eigenvalue weighted by Crippen LogP contribution is -2.33. The summed E-state index contributed by atoms with van der Waals surface area (Å²) in [4.78, 5) is 0. The highest BCUT2D eigenvalue weighted by Crippen LogP contribution is 2.29. The second-order valence-corrected chi connectivity index (χ2v) is 5.42. The Hall–Kier alpha value is -0.0400. The van der Waals surface area contributed by atoms with Gasteiger partial charge in [0, 0.05) is 6.04 Å². The van der Waals surface area contributed by atoms with Crippen LogP contribution in [0.15, 0.2) is 0 Å². The van der Waals surface area contributed by atoms with Gasteiger partial charge < -0.3 is 5.32 Å². The molecule has 90 valence electrons. The van der Waals surface area contributed by atoms with E-state index in [9.17, 15) is 0 Å². The molecular formula is C14H29N. The molecule has 1 saturated carbocycles. The maximum absolute atomic E-state index is 3.54. The highest BCUT2D eigenvalue weighted by molar-refractivity contribution is 4.79. The summed E-state index contributed by atoms with van der Waals surface area (Å²) in [6, 6.07) is 0.798. The highest BCUT2D eigenvalue weighted by Gasteiger charge is 2.23. The van der Waals surface area contributed by atoms with Gasteiger partial charge in [0.2, 0.25) is 0 Å². The van der Waals surface area contributed by atoms with Gasteiger partial charge in [-0.25, -0.2) is 0 Å². The molecule has 0 saturated heterocycles. The maximum atomic E-state index is 3.54. The molecule has 1 fully saturated rings. The van der Waals surface area contributed by atoms with Gasteiger partial charge in [-0.15, -0.1) is 0 Å². The molecule has 0 aromatic rings. The van der Waals surface area contributed by atoms with E-state index in [-0.39, 0.29) is 0 Å². The molecule has 1 N–H and O–H groups in total. The van der Waals surface area contributed by atoms with Crippen molar-refractivity contribution in [2.45, 2.75) is 71.3 Å². The molecule has 0 aromatic carbocycles. The van der Waals surface area contributed by atoms with Crippen LogP contribution in [0.5, 0.6) is 0 Å². The van der Waals surface area contributed by atoms with Gasteiger partial charge in [0.1, 0.15) is 0 Å². The van der Waals surface area contributed by atoms with E-state index >= 15 is 0 Å². The fourth-order valence-corrected chi connectivity index (χ4v) is 3.17. The molecule has 0 heterocycles. The Labute approximate surface area is 96.0 Å². The lowest BCUT2D eigenvalue weighted by Gasteiger charge is -2.27. The molecule has 3 atom stereocenters. The van der Waals surface area contributed by atoms with E-state index in [4.69, 9.17) is 0 Å². The predicted molar refractivity (Wildman–Crippen MR) is 68.1 cm³/mol. The van der Waals surface area contributed by atoms with Crippen LogP contribution in [0.4, 0.5) is 0 Å². The first-order chi connectivity index (χ1) is 7.27. The van der Waals surface area contributed by atoms with Crippen molar-refractivity contribution in [1.82, 2.24) is 5.32 Å². The molecule has 1 aliphatic carbocycles. The van der Waals surface area contributed by atoms with E-state index in [0.29, 0.717) is 0 Å².